The molecule has 7 heteroatoms. The Morgan fingerprint density at radius 3 is 2.76 bits per heavy atom. The maximum atomic E-state index is 12.2. The van der Waals surface area contributed by atoms with E-state index in [1.54, 1.807) is 43.3 Å². The van der Waals surface area contributed by atoms with Crippen LogP contribution in [0.25, 0.3) is 0 Å². The van der Waals surface area contributed by atoms with Crippen molar-refractivity contribution in [3.05, 3.63) is 52.0 Å². The zero-order valence-electron chi connectivity index (χ0n) is 13.6. The lowest BCUT2D eigenvalue weighted by Gasteiger charge is -2.20. The van der Waals surface area contributed by atoms with Crippen LogP contribution in [0.2, 0.25) is 10.0 Å². The summed E-state index contributed by atoms with van der Waals surface area (Å²) in [5.41, 5.74) is 0.813. The number of carbonyl (C=O) groups excluding carboxylic acids is 1. The molecule has 3 rings (SSSR count). The molecule has 0 bridgehead atoms. The second kappa shape index (κ2) is 7.85. The number of ether oxygens (including phenoxy) is 3. The number of nitrogens with one attached hydrogen (secondary N) is 1. The van der Waals surface area contributed by atoms with Gasteiger partial charge >= 0.3 is 0 Å². The minimum absolute atomic E-state index is 0.258. The molecular weight excluding hydrogens is 365 g/mol. The highest BCUT2D eigenvalue weighted by molar-refractivity contribution is 6.32. The molecule has 1 aliphatic rings. The maximum absolute atomic E-state index is 12.2. The quantitative estimate of drug-likeness (QED) is 0.854. The van der Waals surface area contributed by atoms with Crippen molar-refractivity contribution in [2.75, 3.05) is 13.2 Å². The molecular formula is C18H17Cl2NO4. The Hall–Kier alpha value is -2.11. The minimum atomic E-state index is -0.687. The molecule has 0 spiro atoms. The van der Waals surface area contributed by atoms with Gasteiger partial charge in [0.15, 0.2) is 17.6 Å². The first-order chi connectivity index (χ1) is 12.0. The molecule has 5 nitrogen and oxygen atoms in total. The molecule has 0 saturated carbocycles. The highest BCUT2D eigenvalue weighted by atomic mass is 35.5. The van der Waals surface area contributed by atoms with E-state index in [1.165, 1.54) is 0 Å². The van der Waals surface area contributed by atoms with Crippen molar-refractivity contribution in [3.8, 4) is 17.2 Å². The van der Waals surface area contributed by atoms with Crippen LogP contribution in [0.3, 0.4) is 0 Å². The van der Waals surface area contributed by atoms with Gasteiger partial charge in [0.1, 0.15) is 19.0 Å². The molecule has 1 amide bonds. The van der Waals surface area contributed by atoms with Gasteiger partial charge in [0.05, 0.1) is 10.0 Å². The van der Waals surface area contributed by atoms with E-state index in [4.69, 9.17) is 37.4 Å². The van der Waals surface area contributed by atoms with E-state index in [1.807, 2.05) is 0 Å². The third kappa shape index (κ3) is 4.30. The molecule has 0 saturated heterocycles. The summed E-state index contributed by atoms with van der Waals surface area (Å²) in [6.45, 7) is 2.91. The van der Waals surface area contributed by atoms with Crippen molar-refractivity contribution in [1.82, 2.24) is 5.32 Å². The molecule has 132 valence electrons. The first-order valence-electron chi connectivity index (χ1n) is 7.81. The lowest BCUT2D eigenvalue weighted by Crippen LogP contribution is -2.36. The molecule has 0 radical (unpaired) electrons. The fourth-order valence-electron chi connectivity index (χ4n) is 2.38. The van der Waals surface area contributed by atoms with Gasteiger partial charge in [-0.25, -0.2) is 0 Å². The van der Waals surface area contributed by atoms with Crippen LogP contribution < -0.4 is 19.5 Å². The van der Waals surface area contributed by atoms with Gasteiger partial charge in [0.2, 0.25) is 0 Å². The van der Waals surface area contributed by atoms with E-state index in [9.17, 15) is 4.79 Å². The number of amides is 1. The van der Waals surface area contributed by atoms with E-state index in [0.29, 0.717) is 47.1 Å². The van der Waals surface area contributed by atoms with Gasteiger partial charge in [0.25, 0.3) is 5.91 Å². The number of para-hydroxylation sites is 1. The number of benzene rings is 2. The highest BCUT2D eigenvalue weighted by Crippen LogP contribution is 2.38. The molecule has 1 atom stereocenters. The van der Waals surface area contributed by atoms with E-state index in [-0.39, 0.29) is 5.91 Å². The first kappa shape index (κ1) is 17.7. The maximum Gasteiger partial charge on any atom is 0.261 e. The summed E-state index contributed by atoms with van der Waals surface area (Å²) in [6.07, 6.45) is -0.687. The Morgan fingerprint density at radius 1 is 1.20 bits per heavy atom. The summed E-state index contributed by atoms with van der Waals surface area (Å²) in [5, 5.41) is 3.73. The molecule has 1 unspecified atom stereocenters. The fourth-order valence-corrected chi connectivity index (χ4v) is 2.85. The summed E-state index contributed by atoms with van der Waals surface area (Å²) in [4.78, 5) is 12.2. The summed E-state index contributed by atoms with van der Waals surface area (Å²) in [5.74, 6) is 1.34. The van der Waals surface area contributed by atoms with E-state index >= 15 is 0 Å². The van der Waals surface area contributed by atoms with Gasteiger partial charge in [-0.2, -0.15) is 0 Å². The van der Waals surface area contributed by atoms with Gasteiger partial charge in [-0.1, -0.05) is 35.3 Å². The summed E-state index contributed by atoms with van der Waals surface area (Å²) in [7, 11) is 0. The Bertz CT molecular complexity index is 782. The van der Waals surface area contributed by atoms with Crippen molar-refractivity contribution in [2.45, 2.75) is 19.6 Å². The van der Waals surface area contributed by atoms with Crippen LogP contribution in [0.4, 0.5) is 0 Å². The molecule has 0 fully saturated rings. The van der Waals surface area contributed by atoms with Gasteiger partial charge in [-0.3, -0.25) is 4.79 Å². The van der Waals surface area contributed by atoms with Crippen molar-refractivity contribution in [2.24, 2.45) is 0 Å². The Balaban J connectivity index is 1.60. The van der Waals surface area contributed by atoms with Gasteiger partial charge in [-0.15, -0.1) is 0 Å². The normalized spacial score (nSPS) is 13.9. The second-order valence-corrected chi connectivity index (χ2v) is 6.32. The zero-order chi connectivity index (χ0) is 17.8. The number of fused-ring (bicyclic) bond motifs is 1. The number of hydrogen-bond donors (Lipinski definition) is 1. The molecule has 2 aromatic carbocycles. The molecule has 2 aromatic rings. The number of hydrogen-bond acceptors (Lipinski definition) is 4. The predicted octanol–water partition coefficient (Wildman–Crippen LogP) is 3.85. The molecule has 25 heavy (non-hydrogen) atoms. The molecule has 1 heterocycles. The minimum Gasteiger partial charge on any atom is -0.486 e. The average Bonchev–Trinajstić information content (AvgIpc) is 2.61. The van der Waals surface area contributed by atoms with Gasteiger partial charge < -0.3 is 19.5 Å². The highest BCUT2D eigenvalue weighted by Gasteiger charge is 2.19. The van der Waals surface area contributed by atoms with E-state index in [0.717, 1.165) is 5.56 Å². The molecule has 1 N–H and O–H groups in total. The van der Waals surface area contributed by atoms with Crippen LogP contribution >= 0.6 is 23.2 Å². The SMILES string of the molecule is CC(Oc1ccccc1Cl)C(=O)NCc1cc(Cl)c2c(c1)OCCO2. The monoisotopic (exact) mass is 381 g/mol. The first-order valence-corrected chi connectivity index (χ1v) is 8.57. The number of carbonyl (C=O) groups is 1. The standard InChI is InChI=1S/C18H17Cl2NO4/c1-11(25-15-5-3-2-4-13(15)19)18(22)21-10-12-8-14(20)17-16(9-12)23-6-7-24-17/h2-5,8-9,11H,6-7,10H2,1H3,(H,21,22). The number of halogens is 2. The van der Waals surface area contributed by atoms with Crippen molar-refractivity contribution in [1.29, 1.82) is 0 Å². The fraction of sp³-hybridized carbons (Fsp3) is 0.278. The second-order valence-electron chi connectivity index (χ2n) is 5.51. The molecule has 0 aromatic heterocycles. The Morgan fingerprint density at radius 2 is 1.96 bits per heavy atom. The zero-order valence-corrected chi connectivity index (χ0v) is 15.1. The van der Waals surface area contributed by atoms with Crippen LogP contribution in [0.5, 0.6) is 17.2 Å². The van der Waals surface area contributed by atoms with Gasteiger partial charge in [-0.05, 0) is 36.8 Å². The predicted molar refractivity (Wildman–Crippen MR) is 95.8 cm³/mol. The molecule has 1 aliphatic heterocycles. The van der Waals surface area contributed by atoms with Gasteiger partial charge in [0, 0.05) is 6.54 Å². The lowest BCUT2D eigenvalue weighted by molar-refractivity contribution is -0.127. The lowest BCUT2D eigenvalue weighted by atomic mass is 10.2. The molecule has 0 aliphatic carbocycles. The Kier molecular flexibility index (Phi) is 5.56. The largest absolute Gasteiger partial charge is 0.486 e. The summed E-state index contributed by atoms with van der Waals surface area (Å²) >= 11 is 12.2. The van der Waals surface area contributed by atoms with Crippen LogP contribution in [0.15, 0.2) is 36.4 Å². The summed E-state index contributed by atoms with van der Waals surface area (Å²) < 4.78 is 16.6. The average molecular weight is 382 g/mol. The van der Waals surface area contributed by atoms with Crippen molar-refractivity contribution < 1.29 is 19.0 Å². The van der Waals surface area contributed by atoms with Crippen LogP contribution in [0.1, 0.15) is 12.5 Å². The van der Waals surface area contributed by atoms with Crippen LogP contribution in [-0.2, 0) is 11.3 Å². The van der Waals surface area contributed by atoms with Crippen LogP contribution in [-0.4, -0.2) is 25.2 Å². The number of rotatable bonds is 5. The summed E-state index contributed by atoms with van der Waals surface area (Å²) in [6, 6.07) is 10.6. The van der Waals surface area contributed by atoms with E-state index < -0.39 is 6.10 Å². The third-order valence-electron chi connectivity index (χ3n) is 3.63. The van der Waals surface area contributed by atoms with E-state index in [2.05, 4.69) is 5.32 Å². The van der Waals surface area contributed by atoms with Crippen molar-refractivity contribution in [3.63, 3.8) is 0 Å². The smallest absolute Gasteiger partial charge is 0.261 e. The topological polar surface area (TPSA) is 56.8 Å². The van der Waals surface area contributed by atoms with Crippen LogP contribution in [0, 0.1) is 0 Å². The Labute approximate surface area is 155 Å². The third-order valence-corrected chi connectivity index (χ3v) is 4.23. The van der Waals surface area contributed by atoms with Crippen molar-refractivity contribution >= 4 is 29.1 Å².